The first-order valence-electron chi connectivity index (χ1n) is 9.67. The third-order valence-electron chi connectivity index (χ3n) is 5.48. The summed E-state index contributed by atoms with van der Waals surface area (Å²) in [7, 11) is 4.49. The first kappa shape index (κ1) is 20.3. The summed E-state index contributed by atoms with van der Waals surface area (Å²) in [5.41, 5.74) is 0.347. The Labute approximate surface area is 165 Å². The number of hydrogen-bond acceptors (Lipinski definition) is 6. The van der Waals surface area contributed by atoms with Gasteiger partial charge in [-0.3, -0.25) is 14.5 Å². The monoisotopic (exact) mass is 391 g/mol. The van der Waals surface area contributed by atoms with Crippen molar-refractivity contribution in [2.75, 3.05) is 54.1 Å². The van der Waals surface area contributed by atoms with E-state index < -0.39 is 0 Å². The quantitative estimate of drug-likeness (QED) is 0.783. The number of carbonyl (C=O) groups is 2. The summed E-state index contributed by atoms with van der Waals surface area (Å²) < 4.78 is 15.8. The summed E-state index contributed by atoms with van der Waals surface area (Å²) in [5.74, 6) is 0.808. The molecule has 1 atom stereocenters. The maximum Gasteiger partial charge on any atom is 0.251 e. The van der Waals surface area contributed by atoms with E-state index in [-0.39, 0.29) is 18.4 Å². The van der Waals surface area contributed by atoms with Gasteiger partial charge in [-0.05, 0) is 37.9 Å². The molecule has 28 heavy (non-hydrogen) atoms. The first-order chi connectivity index (χ1) is 13.6. The summed E-state index contributed by atoms with van der Waals surface area (Å²) in [6.45, 7) is 3.64. The lowest BCUT2D eigenvalue weighted by Crippen LogP contribution is -2.44. The summed E-state index contributed by atoms with van der Waals surface area (Å²) in [5, 5.41) is 2.72. The predicted molar refractivity (Wildman–Crippen MR) is 104 cm³/mol. The lowest BCUT2D eigenvalue weighted by Gasteiger charge is -2.25. The second-order valence-electron chi connectivity index (χ2n) is 7.12. The van der Waals surface area contributed by atoms with Gasteiger partial charge in [0.1, 0.15) is 0 Å². The summed E-state index contributed by atoms with van der Waals surface area (Å²) in [6.07, 6.45) is 3.31. The highest BCUT2D eigenvalue weighted by molar-refractivity contribution is 5.97. The molecule has 154 valence electrons. The van der Waals surface area contributed by atoms with Crippen molar-refractivity contribution in [3.63, 3.8) is 0 Å². The molecule has 1 aromatic rings. The molecule has 2 heterocycles. The van der Waals surface area contributed by atoms with Gasteiger partial charge in [-0.25, -0.2) is 0 Å². The van der Waals surface area contributed by atoms with E-state index in [0.717, 1.165) is 39.0 Å². The van der Waals surface area contributed by atoms with E-state index in [0.29, 0.717) is 28.9 Å². The Balaban J connectivity index is 1.62. The van der Waals surface area contributed by atoms with Crippen LogP contribution in [0.1, 0.15) is 29.6 Å². The van der Waals surface area contributed by atoms with Crippen molar-refractivity contribution in [1.29, 1.82) is 0 Å². The van der Waals surface area contributed by atoms with Gasteiger partial charge in [0.15, 0.2) is 11.5 Å². The van der Waals surface area contributed by atoms with Crippen LogP contribution in [0.25, 0.3) is 0 Å². The molecule has 2 aliphatic heterocycles. The molecule has 3 rings (SSSR count). The number of nitrogens with one attached hydrogen (secondary N) is 1. The van der Waals surface area contributed by atoms with Crippen LogP contribution >= 0.6 is 0 Å². The van der Waals surface area contributed by atoms with Crippen LogP contribution in [0, 0.1) is 0 Å². The Hall–Kier alpha value is -2.48. The normalized spacial score (nSPS) is 19.5. The molecule has 8 nitrogen and oxygen atoms in total. The second kappa shape index (κ2) is 9.14. The largest absolute Gasteiger partial charge is 0.493 e. The molecular weight excluding hydrogens is 362 g/mol. The molecular formula is C20H29N3O5. The van der Waals surface area contributed by atoms with E-state index in [1.165, 1.54) is 27.8 Å². The van der Waals surface area contributed by atoms with Crippen molar-refractivity contribution in [2.24, 2.45) is 0 Å². The van der Waals surface area contributed by atoms with E-state index >= 15 is 0 Å². The zero-order valence-corrected chi connectivity index (χ0v) is 16.8. The van der Waals surface area contributed by atoms with Crippen LogP contribution in [-0.2, 0) is 4.79 Å². The van der Waals surface area contributed by atoms with Gasteiger partial charge in [0, 0.05) is 31.2 Å². The topological polar surface area (TPSA) is 80.3 Å². The Kier molecular flexibility index (Phi) is 6.61. The minimum Gasteiger partial charge on any atom is -0.493 e. The molecule has 0 aliphatic carbocycles. The van der Waals surface area contributed by atoms with E-state index in [2.05, 4.69) is 10.2 Å². The molecule has 2 aliphatic rings. The van der Waals surface area contributed by atoms with Gasteiger partial charge in [-0.2, -0.15) is 0 Å². The van der Waals surface area contributed by atoms with Crippen molar-refractivity contribution in [3.8, 4) is 17.2 Å². The van der Waals surface area contributed by atoms with Crippen molar-refractivity contribution in [1.82, 2.24) is 15.1 Å². The smallest absolute Gasteiger partial charge is 0.251 e. The summed E-state index contributed by atoms with van der Waals surface area (Å²) >= 11 is 0. The Bertz CT molecular complexity index is 699. The van der Waals surface area contributed by atoms with Crippen molar-refractivity contribution < 1.29 is 23.8 Å². The standard InChI is InChI=1S/C20H29N3O5/c1-26-16-10-14(11-17(27-2)19(16)28-3)20(25)21-12-18(24)23-9-5-8-22-7-4-6-15(22)13-23/h10-11,15H,4-9,12-13H2,1-3H3,(H,21,25)/t15-/m0/s1. The Morgan fingerprint density at radius 3 is 2.36 bits per heavy atom. The molecule has 8 heteroatoms. The van der Waals surface area contributed by atoms with E-state index in [1.54, 1.807) is 12.1 Å². The van der Waals surface area contributed by atoms with Gasteiger partial charge in [-0.15, -0.1) is 0 Å². The molecule has 0 saturated carbocycles. The maximum absolute atomic E-state index is 12.6. The van der Waals surface area contributed by atoms with Crippen molar-refractivity contribution in [2.45, 2.75) is 25.3 Å². The van der Waals surface area contributed by atoms with Crippen LogP contribution in [0.5, 0.6) is 17.2 Å². The first-order valence-corrected chi connectivity index (χ1v) is 9.67. The summed E-state index contributed by atoms with van der Waals surface area (Å²) in [4.78, 5) is 29.6. The molecule has 1 N–H and O–H groups in total. The molecule has 2 amide bonds. The number of ether oxygens (including phenoxy) is 3. The van der Waals surface area contributed by atoms with E-state index in [1.807, 2.05) is 4.90 Å². The van der Waals surface area contributed by atoms with Crippen LogP contribution in [0.3, 0.4) is 0 Å². The molecule has 2 saturated heterocycles. The third-order valence-corrected chi connectivity index (χ3v) is 5.48. The van der Waals surface area contributed by atoms with E-state index in [4.69, 9.17) is 14.2 Å². The van der Waals surface area contributed by atoms with E-state index in [9.17, 15) is 9.59 Å². The molecule has 2 fully saturated rings. The molecule has 0 unspecified atom stereocenters. The summed E-state index contributed by atoms with van der Waals surface area (Å²) in [6, 6.07) is 3.60. The molecule has 0 aromatic heterocycles. The van der Waals surface area contributed by atoms with Gasteiger partial charge in [0.25, 0.3) is 5.91 Å². The number of carbonyl (C=O) groups excluding carboxylic acids is 2. The van der Waals surface area contributed by atoms with Gasteiger partial charge in [0.05, 0.1) is 27.9 Å². The minimum atomic E-state index is -0.357. The molecule has 0 bridgehead atoms. The number of fused-ring (bicyclic) bond motifs is 1. The van der Waals surface area contributed by atoms with Crippen molar-refractivity contribution in [3.05, 3.63) is 17.7 Å². The van der Waals surface area contributed by atoms with Crippen molar-refractivity contribution >= 4 is 11.8 Å². The molecule has 0 radical (unpaired) electrons. The number of rotatable bonds is 6. The van der Waals surface area contributed by atoms with Gasteiger partial charge in [-0.1, -0.05) is 0 Å². The zero-order valence-electron chi connectivity index (χ0n) is 16.8. The highest BCUT2D eigenvalue weighted by Crippen LogP contribution is 2.38. The minimum absolute atomic E-state index is 0.0256. The molecule has 1 aromatic carbocycles. The SMILES string of the molecule is COc1cc(C(=O)NCC(=O)N2CCCN3CCC[C@H]3C2)cc(OC)c1OC. The average Bonchev–Trinajstić information content (AvgIpc) is 3.06. The average molecular weight is 391 g/mol. The highest BCUT2D eigenvalue weighted by atomic mass is 16.5. The fourth-order valence-corrected chi connectivity index (χ4v) is 4.02. The number of hydrogen-bond donors (Lipinski definition) is 1. The zero-order chi connectivity index (χ0) is 20.1. The van der Waals surface area contributed by atoms with Crippen LogP contribution in [0.2, 0.25) is 0 Å². The second-order valence-corrected chi connectivity index (χ2v) is 7.12. The van der Waals surface area contributed by atoms with Gasteiger partial charge < -0.3 is 24.4 Å². The fraction of sp³-hybridized carbons (Fsp3) is 0.600. The predicted octanol–water partition coefficient (Wildman–Crippen LogP) is 1.14. The maximum atomic E-state index is 12.6. The lowest BCUT2D eigenvalue weighted by atomic mass is 10.1. The van der Waals surface area contributed by atoms with Gasteiger partial charge >= 0.3 is 0 Å². The van der Waals surface area contributed by atoms with Crippen LogP contribution in [0.15, 0.2) is 12.1 Å². The van der Waals surface area contributed by atoms with Crippen LogP contribution in [0.4, 0.5) is 0 Å². The lowest BCUT2D eigenvalue weighted by molar-refractivity contribution is -0.130. The highest BCUT2D eigenvalue weighted by Gasteiger charge is 2.30. The number of amides is 2. The number of nitrogens with zero attached hydrogens (tertiary/aromatic N) is 2. The Morgan fingerprint density at radius 1 is 1.04 bits per heavy atom. The molecule has 0 spiro atoms. The number of methoxy groups -OCH3 is 3. The number of benzene rings is 1. The third kappa shape index (κ3) is 4.32. The van der Waals surface area contributed by atoms with Crippen LogP contribution < -0.4 is 19.5 Å². The van der Waals surface area contributed by atoms with Crippen LogP contribution in [-0.4, -0.2) is 81.7 Å². The van der Waals surface area contributed by atoms with Gasteiger partial charge in [0.2, 0.25) is 11.7 Å². The fourth-order valence-electron chi connectivity index (χ4n) is 4.02. The Morgan fingerprint density at radius 2 is 1.71 bits per heavy atom.